The summed E-state index contributed by atoms with van der Waals surface area (Å²) in [6.45, 7) is 5.34. The van der Waals surface area contributed by atoms with Gasteiger partial charge in [0.1, 0.15) is 0 Å². The van der Waals surface area contributed by atoms with Crippen molar-refractivity contribution in [2.45, 2.75) is 31.7 Å². The smallest absolute Gasteiger partial charge is 0.243 e. The second kappa shape index (κ2) is 9.76. The lowest BCUT2D eigenvalue weighted by molar-refractivity contribution is -0.121. The van der Waals surface area contributed by atoms with E-state index in [0.29, 0.717) is 11.5 Å². The number of rotatable bonds is 9. The molecule has 0 radical (unpaired) electrons. The number of likely N-dealkylation sites (N-methyl/N-ethyl adjacent to an activating group) is 1. The first kappa shape index (κ1) is 22.7. The lowest BCUT2D eigenvalue weighted by atomic mass is 10.1. The van der Waals surface area contributed by atoms with Crippen LogP contribution in [-0.4, -0.2) is 45.9 Å². The first-order valence-electron chi connectivity index (χ1n) is 9.31. The molecule has 0 aliphatic carbocycles. The Kier molecular flexibility index (Phi) is 7.64. The number of ether oxygens (including phenoxy) is 2. The highest BCUT2D eigenvalue weighted by atomic mass is 32.2. The van der Waals surface area contributed by atoms with Crippen molar-refractivity contribution in [3.63, 3.8) is 0 Å². The van der Waals surface area contributed by atoms with E-state index in [9.17, 15) is 13.2 Å². The molecule has 29 heavy (non-hydrogen) atoms. The molecule has 0 bridgehead atoms. The van der Waals surface area contributed by atoms with E-state index in [1.807, 2.05) is 19.9 Å². The first-order chi connectivity index (χ1) is 13.7. The van der Waals surface area contributed by atoms with Gasteiger partial charge in [0, 0.05) is 6.54 Å². The second-order valence-electron chi connectivity index (χ2n) is 6.65. The average molecular weight is 421 g/mol. The van der Waals surface area contributed by atoms with Crippen molar-refractivity contribution in [1.29, 1.82) is 0 Å². The van der Waals surface area contributed by atoms with Gasteiger partial charge in [-0.3, -0.25) is 4.79 Å². The van der Waals surface area contributed by atoms with E-state index < -0.39 is 10.0 Å². The SMILES string of the molecule is CCN(CC(=O)N[C@H](C)c1ccc(OC)c(OC)c1)S(=O)(=O)c1ccc(C)cc1. The van der Waals surface area contributed by atoms with Crippen LogP contribution in [0.1, 0.15) is 31.0 Å². The number of nitrogens with zero attached hydrogens (tertiary/aromatic N) is 1. The Balaban J connectivity index is 2.10. The average Bonchev–Trinajstić information content (AvgIpc) is 2.71. The van der Waals surface area contributed by atoms with Crippen molar-refractivity contribution in [3.05, 3.63) is 53.6 Å². The summed E-state index contributed by atoms with van der Waals surface area (Å²) < 4.78 is 37.3. The quantitative estimate of drug-likeness (QED) is 0.674. The Hall–Kier alpha value is -2.58. The molecule has 1 amide bonds. The number of nitrogens with one attached hydrogen (secondary N) is 1. The van der Waals surface area contributed by atoms with E-state index in [1.54, 1.807) is 57.5 Å². The van der Waals surface area contributed by atoms with Gasteiger partial charge in [0.25, 0.3) is 0 Å². The number of carbonyl (C=O) groups excluding carboxylic acids is 1. The number of hydrogen-bond donors (Lipinski definition) is 1. The summed E-state index contributed by atoms with van der Waals surface area (Å²) in [7, 11) is -0.653. The molecule has 0 spiro atoms. The third-order valence-electron chi connectivity index (χ3n) is 4.62. The minimum absolute atomic E-state index is 0.172. The van der Waals surface area contributed by atoms with E-state index in [2.05, 4.69) is 5.32 Å². The van der Waals surface area contributed by atoms with E-state index in [1.165, 1.54) is 0 Å². The molecule has 0 aliphatic heterocycles. The van der Waals surface area contributed by atoms with E-state index in [0.717, 1.165) is 15.4 Å². The summed E-state index contributed by atoms with van der Waals surface area (Å²) in [5.74, 6) is 0.768. The fourth-order valence-corrected chi connectivity index (χ4v) is 4.28. The minimum Gasteiger partial charge on any atom is -0.493 e. The van der Waals surface area contributed by atoms with Gasteiger partial charge in [0.15, 0.2) is 11.5 Å². The lowest BCUT2D eigenvalue weighted by Crippen LogP contribution is -2.41. The van der Waals surface area contributed by atoms with Crippen molar-refractivity contribution in [1.82, 2.24) is 9.62 Å². The monoisotopic (exact) mass is 420 g/mol. The summed E-state index contributed by atoms with van der Waals surface area (Å²) in [6.07, 6.45) is 0. The zero-order valence-electron chi connectivity index (χ0n) is 17.4. The van der Waals surface area contributed by atoms with Gasteiger partial charge in [0.2, 0.25) is 15.9 Å². The number of benzene rings is 2. The molecular weight excluding hydrogens is 392 g/mol. The van der Waals surface area contributed by atoms with Crippen molar-refractivity contribution >= 4 is 15.9 Å². The van der Waals surface area contributed by atoms with Crippen LogP contribution in [0.5, 0.6) is 11.5 Å². The van der Waals surface area contributed by atoms with Crippen molar-refractivity contribution in [2.75, 3.05) is 27.3 Å². The fraction of sp³-hybridized carbons (Fsp3) is 0.381. The van der Waals surface area contributed by atoms with Gasteiger partial charge in [-0.15, -0.1) is 0 Å². The molecule has 0 heterocycles. The third kappa shape index (κ3) is 5.48. The van der Waals surface area contributed by atoms with Crippen molar-refractivity contribution in [3.8, 4) is 11.5 Å². The van der Waals surface area contributed by atoms with Crippen molar-refractivity contribution < 1.29 is 22.7 Å². The molecule has 1 N–H and O–H groups in total. The van der Waals surface area contributed by atoms with Crippen LogP contribution >= 0.6 is 0 Å². The van der Waals surface area contributed by atoms with Gasteiger partial charge in [-0.2, -0.15) is 4.31 Å². The first-order valence-corrected chi connectivity index (χ1v) is 10.7. The van der Waals surface area contributed by atoms with Crippen LogP contribution in [0, 0.1) is 6.92 Å². The van der Waals surface area contributed by atoms with Gasteiger partial charge >= 0.3 is 0 Å². The molecule has 2 aromatic carbocycles. The van der Waals surface area contributed by atoms with Crippen LogP contribution in [0.2, 0.25) is 0 Å². The van der Waals surface area contributed by atoms with E-state index >= 15 is 0 Å². The Morgan fingerprint density at radius 2 is 1.69 bits per heavy atom. The van der Waals surface area contributed by atoms with Crippen LogP contribution in [0.15, 0.2) is 47.4 Å². The predicted octanol–water partition coefficient (Wildman–Crippen LogP) is 2.90. The highest BCUT2D eigenvalue weighted by Crippen LogP contribution is 2.29. The molecule has 1 atom stereocenters. The molecule has 0 aliphatic rings. The number of hydrogen-bond acceptors (Lipinski definition) is 5. The number of amides is 1. The maximum Gasteiger partial charge on any atom is 0.243 e. The Morgan fingerprint density at radius 1 is 1.07 bits per heavy atom. The molecular formula is C21H28N2O5S. The normalized spacial score (nSPS) is 12.5. The van der Waals surface area contributed by atoms with Gasteiger partial charge in [-0.1, -0.05) is 30.7 Å². The summed E-state index contributed by atoms with van der Waals surface area (Å²) in [5, 5.41) is 2.84. The van der Waals surface area contributed by atoms with Crippen LogP contribution in [0.4, 0.5) is 0 Å². The topological polar surface area (TPSA) is 84.9 Å². The lowest BCUT2D eigenvalue weighted by Gasteiger charge is -2.22. The van der Waals surface area contributed by atoms with Crippen molar-refractivity contribution in [2.24, 2.45) is 0 Å². The van der Waals surface area contributed by atoms with Crippen LogP contribution in [0.3, 0.4) is 0 Å². The molecule has 8 heteroatoms. The largest absolute Gasteiger partial charge is 0.493 e. The van der Waals surface area contributed by atoms with E-state index in [4.69, 9.17) is 9.47 Å². The fourth-order valence-electron chi connectivity index (χ4n) is 2.88. The molecule has 0 saturated carbocycles. The Bertz CT molecular complexity index is 942. The molecule has 0 unspecified atom stereocenters. The van der Waals surface area contributed by atoms with Gasteiger partial charge in [-0.05, 0) is 43.7 Å². The molecule has 0 aromatic heterocycles. The molecule has 158 valence electrons. The zero-order valence-corrected chi connectivity index (χ0v) is 18.2. The van der Waals surface area contributed by atoms with Crippen LogP contribution in [-0.2, 0) is 14.8 Å². The number of methoxy groups -OCH3 is 2. The summed E-state index contributed by atoms with van der Waals surface area (Å²) in [4.78, 5) is 12.7. The maximum atomic E-state index is 12.8. The highest BCUT2D eigenvalue weighted by molar-refractivity contribution is 7.89. The number of aryl methyl sites for hydroxylation is 1. The second-order valence-corrected chi connectivity index (χ2v) is 8.59. The van der Waals surface area contributed by atoms with Crippen LogP contribution in [0.25, 0.3) is 0 Å². The maximum absolute atomic E-state index is 12.8. The third-order valence-corrected chi connectivity index (χ3v) is 6.55. The standard InChI is InChI=1S/C21H28N2O5S/c1-6-23(29(25,26)18-10-7-15(2)8-11-18)14-21(24)22-16(3)17-9-12-19(27-4)20(13-17)28-5/h7-13,16H,6,14H2,1-5H3,(H,22,24)/t16-/m1/s1. The Morgan fingerprint density at radius 3 is 2.24 bits per heavy atom. The van der Waals surface area contributed by atoms with Gasteiger partial charge in [-0.25, -0.2) is 8.42 Å². The highest BCUT2D eigenvalue weighted by Gasteiger charge is 2.25. The molecule has 7 nitrogen and oxygen atoms in total. The minimum atomic E-state index is -3.75. The Labute approximate surface area is 172 Å². The summed E-state index contributed by atoms with van der Waals surface area (Å²) in [5.41, 5.74) is 1.79. The predicted molar refractivity (Wildman–Crippen MR) is 112 cm³/mol. The molecule has 0 saturated heterocycles. The molecule has 2 aromatic rings. The van der Waals surface area contributed by atoms with Crippen LogP contribution < -0.4 is 14.8 Å². The molecule has 0 fully saturated rings. The summed E-state index contributed by atoms with van der Waals surface area (Å²) >= 11 is 0. The van der Waals surface area contributed by atoms with E-state index in [-0.39, 0.29) is 29.9 Å². The summed E-state index contributed by atoms with van der Waals surface area (Å²) in [6, 6.07) is 11.6. The van der Waals surface area contributed by atoms with Gasteiger partial charge in [0.05, 0.1) is 31.7 Å². The number of carbonyl (C=O) groups is 1. The van der Waals surface area contributed by atoms with Gasteiger partial charge < -0.3 is 14.8 Å². The molecule has 2 rings (SSSR count). The number of sulfonamides is 1. The zero-order chi connectivity index (χ0) is 21.6.